The largest absolute Gasteiger partial charge is 0.497 e. The van der Waals surface area contributed by atoms with Crippen molar-refractivity contribution in [1.82, 2.24) is 19.5 Å². The lowest BCUT2D eigenvalue weighted by molar-refractivity contribution is -0.118. The number of benzene rings is 4. The number of nitrogens with zero attached hydrogens (tertiary/aromatic N) is 3. The van der Waals surface area contributed by atoms with Gasteiger partial charge in [-0.15, -0.1) is 0 Å². The third-order valence-electron chi connectivity index (χ3n) is 9.52. The van der Waals surface area contributed by atoms with Crippen LogP contribution in [-0.2, 0) is 29.0 Å². The molecule has 7 rings (SSSR count). The molecule has 1 aliphatic heterocycles. The number of aromatic nitrogens is 4. The summed E-state index contributed by atoms with van der Waals surface area (Å²) in [6.45, 7) is 3.41. The van der Waals surface area contributed by atoms with E-state index in [0.717, 1.165) is 16.7 Å². The standard InChI is InChI=1S/C41H42N5O9P/c1-26(2)38(47)44-40-43-37-36(39(48)45-40)42-25-46(37)35-23-33(55-56(49)54-32-13-9-6-10-14-32)34(53-35)24-52-41(27-11-7-5-8-12-27,28-15-19-30(50-3)20-16-28)29-17-21-31(51-4)22-18-29/h5-22,25-26,33-35,56H,23-24H2,1-4H3,(H2,43,44,45,47,48). The van der Waals surface area contributed by atoms with Gasteiger partial charge in [0.2, 0.25) is 11.9 Å². The fourth-order valence-electron chi connectivity index (χ4n) is 6.62. The smallest absolute Gasteiger partial charge is 0.368 e. The van der Waals surface area contributed by atoms with Gasteiger partial charge < -0.3 is 23.5 Å². The molecule has 15 heteroatoms. The van der Waals surface area contributed by atoms with E-state index in [2.05, 4.69) is 20.3 Å². The Labute approximate surface area is 323 Å². The molecule has 290 valence electrons. The molecular weight excluding hydrogens is 737 g/mol. The number of imidazole rings is 1. The third-order valence-corrected chi connectivity index (χ3v) is 10.4. The van der Waals surface area contributed by atoms with Gasteiger partial charge >= 0.3 is 8.25 Å². The average Bonchev–Trinajstić information content (AvgIpc) is 3.83. The van der Waals surface area contributed by atoms with Crippen LogP contribution in [-0.4, -0.2) is 58.5 Å². The molecule has 6 aromatic rings. The zero-order valence-electron chi connectivity index (χ0n) is 31.2. The lowest BCUT2D eigenvalue weighted by Crippen LogP contribution is -2.38. The molecule has 0 radical (unpaired) electrons. The highest BCUT2D eigenvalue weighted by molar-refractivity contribution is 7.33. The molecule has 1 fully saturated rings. The predicted octanol–water partition coefficient (Wildman–Crippen LogP) is 6.88. The van der Waals surface area contributed by atoms with Gasteiger partial charge in [0.1, 0.15) is 41.3 Å². The van der Waals surface area contributed by atoms with E-state index >= 15 is 0 Å². The quantitative estimate of drug-likeness (QED) is 0.0825. The Bertz CT molecular complexity index is 2290. The van der Waals surface area contributed by atoms with Gasteiger partial charge in [0.05, 0.1) is 27.2 Å². The van der Waals surface area contributed by atoms with Crippen LogP contribution in [0, 0.1) is 5.92 Å². The van der Waals surface area contributed by atoms with Crippen molar-refractivity contribution in [2.45, 2.75) is 44.3 Å². The van der Waals surface area contributed by atoms with Crippen molar-refractivity contribution < 1.29 is 37.4 Å². The summed E-state index contributed by atoms with van der Waals surface area (Å²) in [7, 11) is 0.114. The van der Waals surface area contributed by atoms with Crippen LogP contribution >= 0.6 is 8.25 Å². The zero-order chi connectivity index (χ0) is 39.2. The van der Waals surface area contributed by atoms with E-state index in [0.29, 0.717) is 17.2 Å². The van der Waals surface area contributed by atoms with Gasteiger partial charge in [-0.1, -0.05) is 86.6 Å². The van der Waals surface area contributed by atoms with Gasteiger partial charge in [0.15, 0.2) is 11.2 Å². The molecule has 4 unspecified atom stereocenters. The topological polar surface area (TPSA) is 165 Å². The Balaban J connectivity index is 1.27. The Morgan fingerprint density at radius 3 is 2.07 bits per heavy atom. The first-order valence-electron chi connectivity index (χ1n) is 18.0. The van der Waals surface area contributed by atoms with Crippen molar-refractivity contribution >= 4 is 31.3 Å². The first-order chi connectivity index (χ1) is 27.2. The van der Waals surface area contributed by atoms with E-state index < -0.39 is 37.9 Å². The summed E-state index contributed by atoms with van der Waals surface area (Å²) in [5.41, 5.74) is 0.968. The van der Waals surface area contributed by atoms with Crippen molar-refractivity contribution in [2.75, 3.05) is 26.1 Å². The minimum absolute atomic E-state index is 0.0263. The summed E-state index contributed by atoms with van der Waals surface area (Å²) in [6, 6.07) is 33.8. The second-order valence-electron chi connectivity index (χ2n) is 13.4. The average molecular weight is 780 g/mol. The number of hydrogen-bond acceptors (Lipinski definition) is 11. The monoisotopic (exact) mass is 779 g/mol. The van der Waals surface area contributed by atoms with Crippen molar-refractivity contribution in [3.05, 3.63) is 143 Å². The summed E-state index contributed by atoms with van der Waals surface area (Å²) in [4.78, 5) is 36.9. The van der Waals surface area contributed by atoms with E-state index in [1.54, 1.807) is 56.9 Å². The van der Waals surface area contributed by atoms with Gasteiger partial charge in [0.25, 0.3) is 5.56 Å². The number of fused-ring (bicyclic) bond motifs is 1. The number of carbonyl (C=O) groups is 1. The molecule has 1 saturated heterocycles. The Morgan fingerprint density at radius 1 is 0.893 bits per heavy atom. The summed E-state index contributed by atoms with van der Waals surface area (Å²) in [5.74, 6) is 1.05. The number of nitrogens with one attached hydrogen (secondary N) is 2. The number of hydrogen-bond donors (Lipinski definition) is 2. The molecule has 0 saturated carbocycles. The highest BCUT2D eigenvalue weighted by atomic mass is 31.1. The number of aromatic amines is 1. The maximum absolute atomic E-state index is 13.5. The summed E-state index contributed by atoms with van der Waals surface area (Å²) in [5, 5.41) is 2.64. The second kappa shape index (κ2) is 16.9. The van der Waals surface area contributed by atoms with Crippen LogP contribution in [0.2, 0.25) is 0 Å². The summed E-state index contributed by atoms with van der Waals surface area (Å²) < 4.78 is 51.7. The maximum Gasteiger partial charge on any atom is 0.368 e. The van der Waals surface area contributed by atoms with Crippen molar-refractivity contribution in [1.29, 1.82) is 0 Å². The number of methoxy groups -OCH3 is 2. The molecule has 0 bridgehead atoms. The van der Waals surface area contributed by atoms with Gasteiger partial charge in [0, 0.05) is 12.3 Å². The lowest BCUT2D eigenvalue weighted by Gasteiger charge is -2.37. The fourth-order valence-corrected chi connectivity index (χ4v) is 7.49. The number of ether oxygens (including phenoxy) is 4. The minimum atomic E-state index is -3.10. The molecule has 14 nitrogen and oxygen atoms in total. The van der Waals surface area contributed by atoms with Crippen molar-refractivity contribution in [3.63, 3.8) is 0 Å². The zero-order valence-corrected chi connectivity index (χ0v) is 32.2. The highest BCUT2D eigenvalue weighted by Crippen LogP contribution is 2.44. The fraction of sp³-hybridized carbons (Fsp3) is 0.268. The van der Waals surface area contributed by atoms with Crippen LogP contribution in [0.3, 0.4) is 0 Å². The molecule has 1 aliphatic rings. The lowest BCUT2D eigenvalue weighted by atomic mass is 9.80. The summed E-state index contributed by atoms with van der Waals surface area (Å²) in [6.07, 6.45) is -0.804. The van der Waals surface area contributed by atoms with Crippen molar-refractivity contribution in [2.24, 2.45) is 5.92 Å². The van der Waals surface area contributed by atoms with E-state index in [4.69, 9.17) is 28.0 Å². The predicted molar refractivity (Wildman–Crippen MR) is 209 cm³/mol. The van der Waals surface area contributed by atoms with E-state index in [-0.39, 0.29) is 42.0 Å². The van der Waals surface area contributed by atoms with Crippen LogP contribution < -0.4 is 24.9 Å². The van der Waals surface area contributed by atoms with Crippen molar-refractivity contribution in [3.8, 4) is 17.2 Å². The SMILES string of the molecule is COc1ccc(C(OCC2OC(n3cnc4c(=O)[nH]c(NC(=O)C(C)C)nc43)CC2O[PH](=O)Oc2ccccc2)(c2ccccc2)c2ccc(OC)cc2)cc1. The van der Waals surface area contributed by atoms with Crippen LogP contribution in [0.1, 0.15) is 43.2 Å². The number of para-hydroxylation sites is 1. The van der Waals surface area contributed by atoms with E-state index in [1.165, 1.54) is 6.33 Å². The van der Waals surface area contributed by atoms with Crippen LogP contribution in [0.4, 0.5) is 5.95 Å². The molecule has 2 N–H and O–H groups in total. The number of H-pyrrole nitrogens is 1. The number of carbonyl (C=O) groups excluding carboxylic acids is 1. The summed E-state index contributed by atoms with van der Waals surface area (Å²) >= 11 is 0. The molecular formula is C41H42N5O9P. The molecule has 56 heavy (non-hydrogen) atoms. The molecule has 4 aromatic carbocycles. The first kappa shape index (κ1) is 38.5. The van der Waals surface area contributed by atoms with Crippen LogP contribution in [0.5, 0.6) is 17.2 Å². The van der Waals surface area contributed by atoms with E-state index in [1.807, 2.05) is 84.9 Å². The first-order valence-corrected chi connectivity index (χ1v) is 19.3. The number of anilines is 1. The van der Waals surface area contributed by atoms with Gasteiger partial charge in [-0.2, -0.15) is 4.98 Å². The number of amides is 1. The Hall–Kier alpha value is -5.79. The molecule has 4 atom stereocenters. The molecule has 2 aromatic heterocycles. The Kier molecular flexibility index (Phi) is 11.6. The van der Waals surface area contributed by atoms with E-state index in [9.17, 15) is 14.2 Å². The number of rotatable bonds is 15. The van der Waals surface area contributed by atoms with Crippen LogP contribution in [0.15, 0.2) is 120 Å². The van der Waals surface area contributed by atoms with Gasteiger partial charge in [-0.3, -0.25) is 29.0 Å². The normalized spacial score (nSPS) is 17.5. The molecule has 0 spiro atoms. The highest BCUT2D eigenvalue weighted by Gasteiger charge is 2.44. The van der Waals surface area contributed by atoms with Gasteiger partial charge in [-0.25, -0.2) is 9.55 Å². The van der Waals surface area contributed by atoms with Gasteiger partial charge in [-0.05, 0) is 53.1 Å². The molecule has 3 heterocycles. The minimum Gasteiger partial charge on any atom is -0.497 e. The molecule has 0 aliphatic carbocycles. The van der Waals surface area contributed by atoms with Crippen LogP contribution in [0.25, 0.3) is 11.2 Å². The second-order valence-corrected chi connectivity index (χ2v) is 14.3. The third kappa shape index (κ3) is 8.10. The Morgan fingerprint density at radius 2 is 1.48 bits per heavy atom. The maximum atomic E-state index is 13.5. The molecule has 1 amide bonds.